The molecule has 19 heavy (non-hydrogen) atoms. The predicted octanol–water partition coefficient (Wildman–Crippen LogP) is 3.27. The van der Waals surface area contributed by atoms with Crippen molar-refractivity contribution >= 4 is 0 Å². The summed E-state index contributed by atoms with van der Waals surface area (Å²) < 4.78 is 5.50. The summed E-state index contributed by atoms with van der Waals surface area (Å²) in [5, 5.41) is 12.2. The van der Waals surface area contributed by atoms with Gasteiger partial charge in [0, 0.05) is 6.04 Å². The highest BCUT2D eigenvalue weighted by Gasteiger charge is 2.15. The molecule has 0 amide bonds. The zero-order valence-electron chi connectivity index (χ0n) is 11.3. The van der Waals surface area contributed by atoms with Gasteiger partial charge in [-0.3, -0.25) is 5.32 Å². The van der Waals surface area contributed by atoms with Crippen LogP contribution in [0.4, 0.5) is 0 Å². The summed E-state index contributed by atoms with van der Waals surface area (Å²) in [4.78, 5) is 4.22. The van der Waals surface area contributed by atoms with Crippen molar-refractivity contribution in [2.75, 3.05) is 0 Å². The minimum Gasteiger partial charge on any atom is -0.444 e. The van der Waals surface area contributed by atoms with Crippen molar-refractivity contribution in [2.45, 2.75) is 32.9 Å². The highest BCUT2D eigenvalue weighted by atomic mass is 16.4. The molecular formula is C15H17N3O. The topological polar surface area (TPSA) is 61.9 Å². The first kappa shape index (κ1) is 13.3. The second-order valence-electron chi connectivity index (χ2n) is 4.65. The highest BCUT2D eigenvalue weighted by molar-refractivity contribution is 5.32. The van der Waals surface area contributed by atoms with E-state index in [2.05, 4.69) is 23.3 Å². The Kier molecular flexibility index (Phi) is 3.98. The zero-order valence-corrected chi connectivity index (χ0v) is 11.3. The third-order valence-corrected chi connectivity index (χ3v) is 3.05. The van der Waals surface area contributed by atoms with E-state index in [1.807, 2.05) is 38.1 Å². The van der Waals surface area contributed by atoms with Crippen molar-refractivity contribution in [3.8, 4) is 6.07 Å². The molecule has 0 fully saturated rings. The minimum absolute atomic E-state index is 0.0411. The molecule has 0 saturated heterocycles. The Morgan fingerprint density at radius 2 is 1.89 bits per heavy atom. The van der Waals surface area contributed by atoms with Crippen LogP contribution in [-0.4, -0.2) is 4.98 Å². The van der Waals surface area contributed by atoms with Crippen LogP contribution in [0.2, 0.25) is 0 Å². The lowest BCUT2D eigenvalue weighted by Gasteiger charge is -2.18. The fourth-order valence-electron chi connectivity index (χ4n) is 1.96. The Balaban J connectivity index is 2.04. The smallest absolute Gasteiger partial charge is 0.211 e. The number of oxazole rings is 1. The SMILES string of the molecule is Cc1cnc(C(C)NC(C)c2ccc(C#N)cc2)o1. The summed E-state index contributed by atoms with van der Waals surface area (Å²) >= 11 is 0. The zero-order chi connectivity index (χ0) is 13.8. The van der Waals surface area contributed by atoms with Crippen LogP contribution in [-0.2, 0) is 0 Å². The summed E-state index contributed by atoms with van der Waals surface area (Å²) in [7, 11) is 0. The van der Waals surface area contributed by atoms with Crippen LogP contribution in [0, 0.1) is 18.3 Å². The van der Waals surface area contributed by atoms with Gasteiger partial charge in [-0.25, -0.2) is 4.98 Å². The lowest BCUT2D eigenvalue weighted by Crippen LogP contribution is -2.22. The lowest BCUT2D eigenvalue weighted by molar-refractivity contribution is 0.380. The fourth-order valence-corrected chi connectivity index (χ4v) is 1.96. The summed E-state index contributed by atoms with van der Waals surface area (Å²) in [6, 6.07) is 9.90. The third kappa shape index (κ3) is 3.21. The second-order valence-corrected chi connectivity index (χ2v) is 4.65. The summed E-state index contributed by atoms with van der Waals surface area (Å²) in [6.45, 7) is 5.98. The van der Waals surface area contributed by atoms with Crippen molar-refractivity contribution in [3.05, 3.63) is 53.2 Å². The van der Waals surface area contributed by atoms with E-state index in [0.29, 0.717) is 11.5 Å². The molecule has 0 aliphatic heterocycles. The number of aromatic nitrogens is 1. The van der Waals surface area contributed by atoms with Crippen molar-refractivity contribution < 1.29 is 4.42 Å². The molecule has 0 aliphatic rings. The van der Waals surface area contributed by atoms with Gasteiger partial charge in [0.05, 0.1) is 23.9 Å². The van der Waals surface area contributed by atoms with Crippen LogP contribution in [0.1, 0.15) is 48.7 Å². The van der Waals surface area contributed by atoms with Crippen LogP contribution in [0.3, 0.4) is 0 Å². The first-order valence-electron chi connectivity index (χ1n) is 6.28. The first-order valence-corrected chi connectivity index (χ1v) is 6.28. The minimum atomic E-state index is 0.0411. The van der Waals surface area contributed by atoms with Gasteiger partial charge in [0.15, 0.2) is 0 Å². The maximum Gasteiger partial charge on any atom is 0.211 e. The number of aryl methyl sites for hydroxylation is 1. The maximum absolute atomic E-state index is 8.78. The Labute approximate surface area is 113 Å². The predicted molar refractivity (Wildman–Crippen MR) is 72.4 cm³/mol. The van der Waals surface area contributed by atoms with Gasteiger partial charge in [-0.15, -0.1) is 0 Å². The van der Waals surface area contributed by atoms with Gasteiger partial charge in [-0.2, -0.15) is 5.26 Å². The molecule has 1 aromatic carbocycles. The van der Waals surface area contributed by atoms with Gasteiger partial charge in [-0.05, 0) is 38.5 Å². The lowest BCUT2D eigenvalue weighted by atomic mass is 10.1. The Bertz CT molecular complexity index is 580. The number of hydrogen-bond donors (Lipinski definition) is 1. The molecule has 1 heterocycles. The number of nitriles is 1. The molecule has 2 unspecified atom stereocenters. The van der Waals surface area contributed by atoms with Gasteiger partial charge in [-0.1, -0.05) is 12.1 Å². The van der Waals surface area contributed by atoms with E-state index in [9.17, 15) is 0 Å². The molecule has 4 heteroatoms. The van der Waals surface area contributed by atoms with E-state index >= 15 is 0 Å². The molecular weight excluding hydrogens is 238 g/mol. The van der Waals surface area contributed by atoms with Gasteiger partial charge >= 0.3 is 0 Å². The molecule has 0 radical (unpaired) electrons. The van der Waals surface area contributed by atoms with E-state index in [0.717, 1.165) is 11.3 Å². The molecule has 0 spiro atoms. The van der Waals surface area contributed by atoms with E-state index < -0.39 is 0 Å². The first-order chi connectivity index (χ1) is 9.10. The third-order valence-electron chi connectivity index (χ3n) is 3.05. The van der Waals surface area contributed by atoms with Crippen molar-refractivity contribution in [2.24, 2.45) is 0 Å². The van der Waals surface area contributed by atoms with E-state index in [4.69, 9.17) is 9.68 Å². The van der Waals surface area contributed by atoms with E-state index in [-0.39, 0.29) is 12.1 Å². The number of benzene rings is 1. The fraction of sp³-hybridized carbons (Fsp3) is 0.333. The van der Waals surface area contributed by atoms with Gasteiger partial charge in [0.2, 0.25) is 5.89 Å². The molecule has 1 aromatic heterocycles. The molecule has 2 atom stereocenters. The van der Waals surface area contributed by atoms with Crippen LogP contribution in [0.15, 0.2) is 34.9 Å². The van der Waals surface area contributed by atoms with Crippen LogP contribution in [0.25, 0.3) is 0 Å². The molecule has 4 nitrogen and oxygen atoms in total. The van der Waals surface area contributed by atoms with Crippen molar-refractivity contribution in [3.63, 3.8) is 0 Å². The van der Waals surface area contributed by atoms with Crippen LogP contribution in [0.5, 0.6) is 0 Å². The van der Waals surface area contributed by atoms with Gasteiger partial charge in [0.1, 0.15) is 5.76 Å². The Morgan fingerprint density at radius 3 is 2.42 bits per heavy atom. The van der Waals surface area contributed by atoms with Gasteiger partial charge in [0.25, 0.3) is 0 Å². The molecule has 0 bridgehead atoms. The average Bonchev–Trinajstić information content (AvgIpc) is 2.85. The Hall–Kier alpha value is -2.12. The van der Waals surface area contributed by atoms with Crippen LogP contribution >= 0.6 is 0 Å². The van der Waals surface area contributed by atoms with E-state index in [1.54, 1.807) is 6.20 Å². The monoisotopic (exact) mass is 255 g/mol. The summed E-state index contributed by atoms with van der Waals surface area (Å²) in [6.07, 6.45) is 1.72. The molecule has 0 aliphatic carbocycles. The molecule has 2 aromatic rings. The summed E-state index contributed by atoms with van der Waals surface area (Å²) in [5.41, 5.74) is 1.81. The number of hydrogen-bond acceptors (Lipinski definition) is 4. The number of nitrogens with one attached hydrogen (secondary N) is 1. The average molecular weight is 255 g/mol. The highest BCUT2D eigenvalue weighted by Crippen LogP contribution is 2.19. The number of nitrogens with zero attached hydrogens (tertiary/aromatic N) is 2. The molecule has 0 saturated carbocycles. The quantitative estimate of drug-likeness (QED) is 0.910. The normalized spacial score (nSPS) is 13.8. The maximum atomic E-state index is 8.78. The summed E-state index contributed by atoms with van der Waals surface area (Å²) in [5.74, 6) is 1.51. The second kappa shape index (κ2) is 5.68. The molecule has 98 valence electrons. The van der Waals surface area contributed by atoms with Crippen LogP contribution < -0.4 is 5.32 Å². The Morgan fingerprint density at radius 1 is 1.21 bits per heavy atom. The van der Waals surface area contributed by atoms with Crippen molar-refractivity contribution in [1.82, 2.24) is 10.3 Å². The largest absolute Gasteiger partial charge is 0.444 e. The standard InChI is InChI=1S/C15H17N3O/c1-10-9-17-15(19-10)12(3)18-11(2)14-6-4-13(8-16)5-7-14/h4-7,9,11-12,18H,1-3H3. The molecule has 1 N–H and O–H groups in total. The van der Waals surface area contributed by atoms with Crippen molar-refractivity contribution in [1.29, 1.82) is 5.26 Å². The van der Waals surface area contributed by atoms with E-state index in [1.165, 1.54) is 0 Å². The number of rotatable bonds is 4. The van der Waals surface area contributed by atoms with Gasteiger partial charge < -0.3 is 4.42 Å². The molecule has 2 rings (SSSR count).